The highest BCUT2D eigenvalue weighted by Crippen LogP contribution is 2.15. The van der Waals surface area contributed by atoms with Gasteiger partial charge < -0.3 is 4.74 Å². The third-order valence-electron chi connectivity index (χ3n) is 2.02. The van der Waals surface area contributed by atoms with Gasteiger partial charge in [-0.05, 0) is 0 Å². The topological polar surface area (TPSA) is 24.8 Å². The Morgan fingerprint density at radius 1 is 1.45 bits per heavy atom. The second-order valence-corrected chi connectivity index (χ2v) is 3.59. The number of nitrogens with zero attached hydrogens (tertiary/aromatic N) is 2. The SMILES string of the molecule is C1=NC(N2CCOCC2)CS1. The lowest BCUT2D eigenvalue weighted by Gasteiger charge is -2.29. The van der Waals surface area contributed by atoms with E-state index in [0.717, 1.165) is 32.1 Å². The van der Waals surface area contributed by atoms with Gasteiger partial charge >= 0.3 is 0 Å². The second-order valence-electron chi connectivity index (χ2n) is 2.72. The molecule has 4 heteroatoms. The molecule has 2 rings (SSSR count). The quantitative estimate of drug-likeness (QED) is 0.573. The molecule has 3 nitrogen and oxygen atoms in total. The van der Waals surface area contributed by atoms with Crippen LogP contribution in [0, 0.1) is 0 Å². The Morgan fingerprint density at radius 2 is 2.27 bits per heavy atom. The van der Waals surface area contributed by atoms with Crippen molar-refractivity contribution in [2.45, 2.75) is 6.17 Å². The maximum atomic E-state index is 5.26. The summed E-state index contributed by atoms with van der Waals surface area (Å²) in [6, 6.07) is 0. The van der Waals surface area contributed by atoms with Gasteiger partial charge in [-0.15, -0.1) is 11.8 Å². The van der Waals surface area contributed by atoms with Crippen LogP contribution < -0.4 is 0 Å². The van der Waals surface area contributed by atoms with Crippen molar-refractivity contribution in [3.05, 3.63) is 0 Å². The number of morpholine rings is 1. The fraction of sp³-hybridized carbons (Fsp3) is 0.857. The van der Waals surface area contributed by atoms with Crippen molar-refractivity contribution in [2.75, 3.05) is 32.1 Å². The van der Waals surface area contributed by atoms with Gasteiger partial charge in [0.25, 0.3) is 0 Å². The first-order valence-corrected chi connectivity index (χ1v) is 4.97. The maximum Gasteiger partial charge on any atom is 0.112 e. The first kappa shape index (κ1) is 7.58. The van der Waals surface area contributed by atoms with Gasteiger partial charge in [-0.2, -0.15) is 0 Å². The first-order chi connectivity index (χ1) is 5.47. The van der Waals surface area contributed by atoms with Crippen LogP contribution in [0.5, 0.6) is 0 Å². The first-order valence-electron chi connectivity index (χ1n) is 3.92. The Balaban J connectivity index is 1.87. The molecule has 0 aromatic heterocycles. The number of rotatable bonds is 1. The molecule has 2 aliphatic rings. The van der Waals surface area contributed by atoms with Crippen LogP contribution in [0.3, 0.4) is 0 Å². The van der Waals surface area contributed by atoms with Crippen LogP contribution in [-0.4, -0.2) is 48.7 Å². The average Bonchev–Trinajstić information content (AvgIpc) is 2.58. The zero-order chi connectivity index (χ0) is 7.52. The third-order valence-corrected chi connectivity index (χ3v) is 2.78. The van der Waals surface area contributed by atoms with Crippen LogP contribution in [0.25, 0.3) is 0 Å². The molecule has 0 aliphatic carbocycles. The summed E-state index contributed by atoms with van der Waals surface area (Å²) in [6.45, 7) is 3.83. The summed E-state index contributed by atoms with van der Waals surface area (Å²) in [5.41, 5.74) is 1.96. The summed E-state index contributed by atoms with van der Waals surface area (Å²) in [4.78, 5) is 6.76. The van der Waals surface area contributed by atoms with Crippen molar-refractivity contribution in [3.63, 3.8) is 0 Å². The summed E-state index contributed by atoms with van der Waals surface area (Å²) in [5.74, 6) is 1.12. The predicted molar refractivity (Wildman–Crippen MR) is 47.1 cm³/mol. The lowest BCUT2D eigenvalue weighted by Crippen LogP contribution is -2.42. The van der Waals surface area contributed by atoms with Crippen molar-refractivity contribution >= 4 is 17.3 Å². The second kappa shape index (κ2) is 3.56. The van der Waals surface area contributed by atoms with E-state index in [0.29, 0.717) is 6.17 Å². The zero-order valence-corrected chi connectivity index (χ0v) is 7.22. The number of hydrogen-bond donors (Lipinski definition) is 0. The van der Waals surface area contributed by atoms with Gasteiger partial charge in [0.05, 0.1) is 18.8 Å². The van der Waals surface area contributed by atoms with Crippen molar-refractivity contribution in [1.82, 2.24) is 4.90 Å². The van der Waals surface area contributed by atoms with Gasteiger partial charge in [0, 0.05) is 18.8 Å². The Hall–Kier alpha value is -0.0600. The van der Waals surface area contributed by atoms with E-state index >= 15 is 0 Å². The fourth-order valence-corrected chi connectivity index (χ4v) is 2.14. The Kier molecular flexibility index (Phi) is 2.45. The number of ether oxygens (including phenoxy) is 1. The molecule has 0 aromatic rings. The molecule has 11 heavy (non-hydrogen) atoms. The molecule has 0 aromatic carbocycles. The molecule has 1 unspecified atom stereocenters. The highest BCUT2D eigenvalue weighted by molar-refractivity contribution is 8.12. The molecular weight excluding hydrogens is 160 g/mol. The van der Waals surface area contributed by atoms with Crippen LogP contribution >= 0.6 is 11.8 Å². The molecule has 0 saturated carbocycles. The highest BCUT2D eigenvalue weighted by atomic mass is 32.2. The number of hydrogen-bond acceptors (Lipinski definition) is 4. The van der Waals surface area contributed by atoms with Crippen molar-refractivity contribution in [2.24, 2.45) is 4.99 Å². The molecule has 1 fully saturated rings. The molecule has 0 radical (unpaired) electrons. The van der Waals surface area contributed by atoms with Gasteiger partial charge in [0.2, 0.25) is 0 Å². The van der Waals surface area contributed by atoms with Gasteiger partial charge in [-0.3, -0.25) is 9.89 Å². The van der Waals surface area contributed by atoms with E-state index in [1.165, 1.54) is 0 Å². The maximum absolute atomic E-state index is 5.26. The van der Waals surface area contributed by atoms with E-state index in [4.69, 9.17) is 4.74 Å². The van der Waals surface area contributed by atoms with E-state index in [-0.39, 0.29) is 0 Å². The summed E-state index contributed by atoms with van der Waals surface area (Å²) in [6.07, 6.45) is 0.434. The lowest BCUT2D eigenvalue weighted by atomic mass is 10.4. The molecule has 2 heterocycles. The predicted octanol–water partition coefficient (Wildman–Crippen LogP) is 0.420. The van der Waals surface area contributed by atoms with Crippen molar-refractivity contribution in [1.29, 1.82) is 0 Å². The minimum Gasteiger partial charge on any atom is -0.379 e. The average molecular weight is 172 g/mol. The Morgan fingerprint density at radius 3 is 2.91 bits per heavy atom. The zero-order valence-electron chi connectivity index (χ0n) is 6.40. The molecule has 1 saturated heterocycles. The van der Waals surface area contributed by atoms with E-state index in [1.54, 1.807) is 11.8 Å². The minimum atomic E-state index is 0.434. The van der Waals surface area contributed by atoms with E-state index in [2.05, 4.69) is 9.89 Å². The third kappa shape index (κ3) is 1.75. The van der Waals surface area contributed by atoms with Crippen molar-refractivity contribution < 1.29 is 4.74 Å². The summed E-state index contributed by atoms with van der Waals surface area (Å²) >= 11 is 1.80. The summed E-state index contributed by atoms with van der Waals surface area (Å²) < 4.78 is 5.26. The summed E-state index contributed by atoms with van der Waals surface area (Å²) in [7, 11) is 0. The molecule has 0 amide bonds. The molecule has 0 spiro atoms. The standard InChI is InChI=1S/C7H12N2OS/c1-3-10-4-2-9(1)7-5-11-6-8-7/h6-7H,1-5H2. The van der Waals surface area contributed by atoms with Crippen LogP contribution in [0.15, 0.2) is 4.99 Å². The summed E-state index contributed by atoms with van der Waals surface area (Å²) in [5, 5.41) is 0. The molecule has 1 atom stereocenters. The van der Waals surface area contributed by atoms with Gasteiger partial charge in [0.1, 0.15) is 6.17 Å². The van der Waals surface area contributed by atoms with E-state index in [1.807, 2.05) is 5.55 Å². The van der Waals surface area contributed by atoms with Crippen LogP contribution in [-0.2, 0) is 4.74 Å². The molecule has 0 N–H and O–H groups in total. The molecule has 0 bridgehead atoms. The molecule has 2 aliphatic heterocycles. The van der Waals surface area contributed by atoms with Gasteiger partial charge in [-0.1, -0.05) is 0 Å². The normalized spacial score (nSPS) is 32.9. The number of thioether (sulfide) groups is 1. The van der Waals surface area contributed by atoms with Crippen LogP contribution in [0.4, 0.5) is 0 Å². The van der Waals surface area contributed by atoms with Gasteiger partial charge in [0.15, 0.2) is 0 Å². The van der Waals surface area contributed by atoms with Crippen LogP contribution in [0.2, 0.25) is 0 Å². The smallest absolute Gasteiger partial charge is 0.112 e. The fourth-order valence-electron chi connectivity index (χ4n) is 1.36. The largest absolute Gasteiger partial charge is 0.379 e. The molecule has 62 valence electrons. The van der Waals surface area contributed by atoms with E-state index < -0.39 is 0 Å². The Bertz CT molecular complexity index is 157. The van der Waals surface area contributed by atoms with E-state index in [9.17, 15) is 0 Å². The van der Waals surface area contributed by atoms with Gasteiger partial charge in [-0.25, -0.2) is 0 Å². The minimum absolute atomic E-state index is 0.434. The van der Waals surface area contributed by atoms with Crippen LogP contribution in [0.1, 0.15) is 0 Å². The lowest BCUT2D eigenvalue weighted by molar-refractivity contribution is 0.0234. The number of aliphatic imine (C=N–C) groups is 1. The highest BCUT2D eigenvalue weighted by Gasteiger charge is 2.21. The Labute approximate surface area is 70.8 Å². The molecular formula is C7H12N2OS. The van der Waals surface area contributed by atoms with Crippen molar-refractivity contribution in [3.8, 4) is 0 Å². The monoisotopic (exact) mass is 172 g/mol.